The van der Waals surface area contributed by atoms with Crippen LogP contribution >= 0.6 is 0 Å². The van der Waals surface area contributed by atoms with Crippen molar-refractivity contribution in [3.8, 4) is 0 Å². The number of unbranched alkanes of at least 4 members (excludes halogenated alkanes) is 1. The topological polar surface area (TPSA) is 131 Å². The van der Waals surface area contributed by atoms with E-state index in [-0.39, 0.29) is 12.0 Å². The summed E-state index contributed by atoms with van der Waals surface area (Å²) >= 11 is 0. The SMILES string of the molecule is Cc1cccc(=O)n1CCCCC(=O)NC(CC(N)=O)C(=O)O. The third-order valence-electron chi connectivity index (χ3n) is 3.34. The third kappa shape index (κ3) is 6.33. The smallest absolute Gasteiger partial charge is 0.326 e. The summed E-state index contributed by atoms with van der Waals surface area (Å²) in [7, 11) is 0. The van der Waals surface area contributed by atoms with E-state index < -0.39 is 30.2 Å². The molecule has 0 aliphatic rings. The van der Waals surface area contributed by atoms with Gasteiger partial charge in [-0.2, -0.15) is 0 Å². The van der Waals surface area contributed by atoms with Gasteiger partial charge in [-0.05, 0) is 25.8 Å². The molecule has 0 aliphatic carbocycles. The molecule has 1 aromatic heterocycles. The van der Waals surface area contributed by atoms with Gasteiger partial charge in [0.05, 0.1) is 6.42 Å². The number of amides is 2. The number of aliphatic carboxylic acids is 1. The van der Waals surface area contributed by atoms with Crippen molar-refractivity contribution < 1.29 is 19.5 Å². The maximum atomic E-state index is 11.7. The Kier molecular flexibility index (Phi) is 6.98. The van der Waals surface area contributed by atoms with Crippen LogP contribution in [0.15, 0.2) is 23.0 Å². The van der Waals surface area contributed by atoms with Crippen LogP contribution in [-0.2, 0) is 20.9 Å². The Bertz CT molecular complexity index is 638. The molecule has 1 unspecified atom stereocenters. The van der Waals surface area contributed by atoms with Crippen molar-refractivity contribution in [2.75, 3.05) is 0 Å². The van der Waals surface area contributed by atoms with Gasteiger partial charge in [0.2, 0.25) is 11.8 Å². The lowest BCUT2D eigenvalue weighted by molar-refractivity contribution is -0.143. The zero-order chi connectivity index (χ0) is 17.4. The number of aromatic nitrogens is 1. The van der Waals surface area contributed by atoms with Crippen LogP contribution in [0.2, 0.25) is 0 Å². The van der Waals surface area contributed by atoms with Crippen molar-refractivity contribution in [2.24, 2.45) is 5.73 Å². The minimum absolute atomic E-state index is 0.0955. The number of carboxylic acids is 1. The van der Waals surface area contributed by atoms with E-state index in [4.69, 9.17) is 10.8 Å². The highest BCUT2D eigenvalue weighted by molar-refractivity contribution is 5.88. The quantitative estimate of drug-likeness (QED) is 0.540. The minimum Gasteiger partial charge on any atom is -0.480 e. The van der Waals surface area contributed by atoms with Gasteiger partial charge in [-0.15, -0.1) is 0 Å². The number of nitrogens with one attached hydrogen (secondary N) is 1. The zero-order valence-electron chi connectivity index (χ0n) is 12.9. The Labute approximate surface area is 133 Å². The summed E-state index contributed by atoms with van der Waals surface area (Å²) in [6, 6.07) is 3.68. The lowest BCUT2D eigenvalue weighted by Crippen LogP contribution is -2.43. The van der Waals surface area contributed by atoms with Gasteiger partial charge in [0.15, 0.2) is 0 Å². The summed E-state index contributed by atoms with van der Waals surface area (Å²) in [5, 5.41) is 11.2. The van der Waals surface area contributed by atoms with E-state index in [0.29, 0.717) is 19.4 Å². The van der Waals surface area contributed by atoms with Crippen LogP contribution in [0, 0.1) is 6.92 Å². The average molecular weight is 323 g/mol. The molecule has 0 radical (unpaired) electrons. The van der Waals surface area contributed by atoms with Crippen molar-refractivity contribution in [3.63, 3.8) is 0 Å². The number of aryl methyl sites for hydroxylation is 1. The Morgan fingerprint density at radius 1 is 1.30 bits per heavy atom. The highest BCUT2D eigenvalue weighted by Crippen LogP contribution is 2.02. The van der Waals surface area contributed by atoms with E-state index in [9.17, 15) is 19.2 Å². The molecule has 0 aromatic carbocycles. The van der Waals surface area contributed by atoms with Crippen molar-refractivity contribution in [1.29, 1.82) is 0 Å². The first kappa shape index (κ1) is 18.4. The van der Waals surface area contributed by atoms with Gasteiger partial charge in [-0.3, -0.25) is 14.4 Å². The van der Waals surface area contributed by atoms with E-state index in [1.807, 2.05) is 13.0 Å². The monoisotopic (exact) mass is 323 g/mol. The van der Waals surface area contributed by atoms with Gasteiger partial charge in [0.25, 0.3) is 5.56 Å². The van der Waals surface area contributed by atoms with Crippen LogP contribution in [0.5, 0.6) is 0 Å². The Morgan fingerprint density at radius 3 is 2.57 bits per heavy atom. The van der Waals surface area contributed by atoms with Crippen molar-refractivity contribution in [1.82, 2.24) is 9.88 Å². The van der Waals surface area contributed by atoms with Crippen LogP contribution in [0.3, 0.4) is 0 Å². The summed E-state index contributed by atoms with van der Waals surface area (Å²) in [4.78, 5) is 45.0. The highest BCUT2D eigenvalue weighted by Gasteiger charge is 2.21. The molecule has 0 saturated carbocycles. The van der Waals surface area contributed by atoms with E-state index in [2.05, 4.69) is 5.32 Å². The molecule has 1 aromatic rings. The van der Waals surface area contributed by atoms with Crippen LogP contribution in [0.4, 0.5) is 0 Å². The van der Waals surface area contributed by atoms with Crippen LogP contribution in [0.1, 0.15) is 31.4 Å². The Morgan fingerprint density at radius 2 is 2.00 bits per heavy atom. The van der Waals surface area contributed by atoms with Gasteiger partial charge < -0.3 is 20.7 Å². The largest absolute Gasteiger partial charge is 0.480 e. The molecule has 1 atom stereocenters. The molecule has 23 heavy (non-hydrogen) atoms. The van der Waals surface area contributed by atoms with Crippen molar-refractivity contribution >= 4 is 17.8 Å². The number of carbonyl (C=O) groups excluding carboxylic acids is 2. The molecule has 0 saturated heterocycles. The second-order valence-electron chi connectivity index (χ2n) is 5.24. The van der Waals surface area contributed by atoms with E-state index in [1.54, 1.807) is 10.6 Å². The van der Waals surface area contributed by atoms with Gasteiger partial charge >= 0.3 is 5.97 Å². The number of carbonyl (C=O) groups is 3. The molecule has 0 fully saturated rings. The fourth-order valence-electron chi connectivity index (χ4n) is 2.13. The van der Waals surface area contributed by atoms with Crippen LogP contribution in [-0.4, -0.2) is 33.5 Å². The molecule has 8 heteroatoms. The molecular formula is C15H21N3O5. The second-order valence-corrected chi connectivity index (χ2v) is 5.24. The molecule has 2 amide bonds. The van der Waals surface area contributed by atoms with Crippen LogP contribution < -0.4 is 16.6 Å². The molecule has 1 rings (SSSR count). The summed E-state index contributed by atoms with van der Waals surface area (Å²) in [5.74, 6) is -2.56. The molecule has 126 valence electrons. The Hall–Kier alpha value is -2.64. The summed E-state index contributed by atoms with van der Waals surface area (Å²) in [6.07, 6.45) is 0.768. The predicted octanol–water partition coefficient (Wildman–Crippen LogP) is -0.228. The lowest BCUT2D eigenvalue weighted by atomic mass is 10.1. The first-order valence-electron chi connectivity index (χ1n) is 7.28. The first-order chi connectivity index (χ1) is 10.8. The van der Waals surface area contributed by atoms with Gasteiger partial charge in [0, 0.05) is 24.7 Å². The predicted molar refractivity (Wildman–Crippen MR) is 82.7 cm³/mol. The number of nitrogens with two attached hydrogens (primary N) is 1. The molecule has 0 aliphatic heterocycles. The number of primary amides is 1. The molecule has 0 spiro atoms. The van der Waals surface area contributed by atoms with E-state index >= 15 is 0 Å². The standard InChI is InChI=1S/C15H21N3O5/c1-10-5-4-7-14(21)18(10)8-3-2-6-13(20)17-11(15(22)23)9-12(16)19/h4-5,7,11H,2-3,6,8-9H2,1H3,(H2,16,19)(H,17,20)(H,22,23). The fourth-order valence-corrected chi connectivity index (χ4v) is 2.13. The van der Waals surface area contributed by atoms with Crippen molar-refractivity contribution in [3.05, 3.63) is 34.2 Å². The normalized spacial score (nSPS) is 11.7. The highest BCUT2D eigenvalue weighted by atomic mass is 16.4. The number of pyridine rings is 1. The number of rotatable bonds is 9. The van der Waals surface area contributed by atoms with Crippen LogP contribution in [0.25, 0.3) is 0 Å². The number of hydrogen-bond donors (Lipinski definition) is 3. The molecule has 4 N–H and O–H groups in total. The first-order valence-corrected chi connectivity index (χ1v) is 7.28. The van der Waals surface area contributed by atoms with E-state index in [0.717, 1.165) is 5.69 Å². The van der Waals surface area contributed by atoms with Gasteiger partial charge in [0.1, 0.15) is 6.04 Å². The van der Waals surface area contributed by atoms with Gasteiger partial charge in [-0.1, -0.05) is 6.07 Å². The second kappa shape index (κ2) is 8.72. The Balaban J connectivity index is 2.40. The van der Waals surface area contributed by atoms with Crippen molar-refractivity contribution in [2.45, 2.75) is 45.2 Å². The number of hydrogen-bond acceptors (Lipinski definition) is 4. The maximum Gasteiger partial charge on any atom is 0.326 e. The molecular weight excluding hydrogens is 302 g/mol. The fraction of sp³-hybridized carbons (Fsp3) is 0.467. The molecule has 0 bridgehead atoms. The summed E-state index contributed by atoms with van der Waals surface area (Å²) in [6.45, 7) is 2.32. The maximum absolute atomic E-state index is 11.7. The molecule has 1 heterocycles. The average Bonchev–Trinajstić information content (AvgIpc) is 2.44. The lowest BCUT2D eigenvalue weighted by Gasteiger charge is -2.13. The number of nitrogens with zero attached hydrogens (tertiary/aromatic N) is 1. The summed E-state index contributed by atoms with van der Waals surface area (Å²) in [5.41, 5.74) is 5.68. The third-order valence-corrected chi connectivity index (χ3v) is 3.34. The minimum atomic E-state index is -1.31. The zero-order valence-corrected chi connectivity index (χ0v) is 12.9. The number of carboxylic acid groups (broad SMARTS) is 1. The molecule has 8 nitrogen and oxygen atoms in total. The van der Waals surface area contributed by atoms with Gasteiger partial charge in [-0.25, -0.2) is 4.79 Å². The summed E-state index contributed by atoms with van der Waals surface area (Å²) < 4.78 is 1.62. The van der Waals surface area contributed by atoms with E-state index in [1.165, 1.54) is 6.07 Å².